The number of benzene rings is 3. The lowest BCUT2D eigenvalue weighted by Gasteiger charge is -2.13. The number of hydrogen-bond donors (Lipinski definition) is 0. The molecule has 3 aromatic carbocycles. The number of carbonyl (C=O) groups excluding carboxylic acids is 1. The van der Waals surface area contributed by atoms with Crippen molar-refractivity contribution in [1.29, 1.82) is 0 Å². The van der Waals surface area contributed by atoms with Gasteiger partial charge in [0.15, 0.2) is 5.17 Å². The van der Waals surface area contributed by atoms with Crippen molar-refractivity contribution in [3.8, 4) is 5.75 Å². The largest absolute Gasteiger partial charge is 0.496 e. The van der Waals surface area contributed by atoms with Crippen molar-refractivity contribution in [2.75, 3.05) is 13.7 Å². The van der Waals surface area contributed by atoms with E-state index in [-0.39, 0.29) is 5.91 Å². The third-order valence-corrected chi connectivity index (χ3v) is 6.22. The molecule has 3 aromatic rings. The van der Waals surface area contributed by atoms with Crippen LogP contribution in [0.25, 0.3) is 16.8 Å². The molecule has 1 saturated heterocycles. The minimum atomic E-state index is -0.00791. The highest BCUT2D eigenvalue weighted by Gasteiger charge is 2.32. The molecule has 4 nitrogen and oxygen atoms in total. The molecule has 0 atom stereocenters. The Morgan fingerprint density at radius 2 is 1.83 bits per heavy atom. The van der Waals surface area contributed by atoms with Crippen molar-refractivity contribution in [3.63, 3.8) is 0 Å². The van der Waals surface area contributed by atoms with Gasteiger partial charge in [0.2, 0.25) is 0 Å². The maximum absolute atomic E-state index is 13.1. The third-order valence-electron chi connectivity index (χ3n) is 5.21. The van der Waals surface area contributed by atoms with Crippen molar-refractivity contribution in [2.45, 2.75) is 20.8 Å². The minimum absolute atomic E-state index is 0.00791. The van der Waals surface area contributed by atoms with E-state index in [2.05, 4.69) is 24.3 Å². The van der Waals surface area contributed by atoms with Gasteiger partial charge in [-0.1, -0.05) is 42.5 Å². The Morgan fingerprint density at radius 3 is 2.57 bits per heavy atom. The Labute approximate surface area is 181 Å². The molecule has 0 aromatic heterocycles. The second-order valence-electron chi connectivity index (χ2n) is 7.25. The number of fused-ring (bicyclic) bond motifs is 1. The Morgan fingerprint density at radius 1 is 1.07 bits per heavy atom. The van der Waals surface area contributed by atoms with Gasteiger partial charge in [0.1, 0.15) is 5.75 Å². The van der Waals surface area contributed by atoms with Gasteiger partial charge in [-0.05, 0) is 72.8 Å². The number of aliphatic imine (C=N–C) groups is 1. The Balaban J connectivity index is 1.77. The maximum atomic E-state index is 13.1. The zero-order valence-electron chi connectivity index (χ0n) is 17.6. The highest BCUT2D eigenvalue weighted by atomic mass is 32.2. The van der Waals surface area contributed by atoms with Gasteiger partial charge >= 0.3 is 0 Å². The van der Waals surface area contributed by atoms with Crippen molar-refractivity contribution < 1.29 is 9.53 Å². The van der Waals surface area contributed by atoms with Crippen LogP contribution in [0.2, 0.25) is 0 Å². The standard InChI is InChI=1S/C25H24N2O2S/c1-5-27-24(28)23(30-25(27)26-21-14-16(2)10-11-17(21)3)15-18-12-13-22(29-4)20-9-7-6-8-19(18)20/h6-15H,5H2,1-4H3/b23-15+,26-25?. The van der Waals surface area contributed by atoms with E-state index in [1.54, 1.807) is 12.0 Å². The number of amides is 1. The molecule has 1 fully saturated rings. The molecule has 30 heavy (non-hydrogen) atoms. The summed E-state index contributed by atoms with van der Waals surface area (Å²) in [6.45, 7) is 6.64. The van der Waals surface area contributed by atoms with E-state index in [0.29, 0.717) is 11.4 Å². The summed E-state index contributed by atoms with van der Waals surface area (Å²) in [5.74, 6) is 0.817. The fraction of sp³-hybridized carbons (Fsp3) is 0.200. The number of ether oxygens (including phenoxy) is 1. The van der Waals surface area contributed by atoms with Gasteiger partial charge in [-0.25, -0.2) is 4.99 Å². The van der Waals surface area contributed by atoms with Crippen LogP contribution in [-0.2, 0) is 4.79 Å². The fourth-order valence-electron chi connectivity index (χ4n) is 3.55. The summed E-state index contributed by atoms with van der Waals surface area (Å²) in [6, 6.07) is 18.2. The summed E-state index contributed by atoms with van der Waals surface area (Å²) in [5, 5.41) is 2.81. The van der Waals surface area contributed by atoms with Gasteiger partial charge in [-0.3, -0.25) is 9.69 Å². The van der Waals surface area contributed by atoms with Crippen molar-refractivity contribution in [2.24, 2.45) is 4.99 Å². The summed E-state index contributed by atoms with van der Waals surface area (Å²) >= 11 is 1.43. The van der Waals surface area contributed by atoms with Gasteiger partial charge in [-0.15, -0.1) is 0 Å². The Hall–Kier alpha value is -3.05. The van der Waals surface area contributed by atoms with Crippen molar-refractivity contribution in [1.82, 2.24) is 4.90 Å². The molecule has 0 aliphatic carbocycles. The predicted molar refractivity (Wildman–Crippen MR) is 126 cm³/mol. The second-order valence-corrected chi connectivity index (χ2v) is 8.26. The molecule has 0 unspecified atom stereocenters. The van der Waals surface area contributed by atoms with Gasteiger partial charge < -0.3 is 4.74 Å². The lowest BCUT2D eigenvalue weighted by Crippen LogP contribution is -2.28. The van der Waals surface area contributed by atoms with Crippen LogP contribution in [0.5, 0.6) is 5.75 Å². The zero-order valence-corrected chi connectivity index (χ0v) is 18.4. The summed E-state index contributed by atoms with van der Waals surface area (Å²) in [4.78, 5) is 20.3. The minimum Gasteiger partial charge on any atom is -0.496 e. The van der Waals surface area contributed by atoms with Crippen LogP contribution < -0.4 is 4.74 Å². The molecule has 152 valence electrons. The Bertz CT molecular complexity index is 1200. The third kappa shape index (κ3) is 3.73. The molecule has 0 N–H and O–H groups in total. The van der Waals surface area contributed by atoms with E-state index in [1.807, 2.05) is 57.2 Å². The lowest BCUT2D eigenvalue weighted by atomic mass is 10.0. The lowest BCUT2D eigenvalue weighted by molar-refractivity contribution is -0.122. The number of carbonyl (C=O) groups is 1. The number of aryl methyl sites for hydroxylation is 2. The number of nitrogens with zero attached hydrogens (tertiary/aromatic N) is 2. The SMILES string of the molecule is CCN1C(=O)/C(=C\c2ccc(OC)c3ccccc23)SC1=Nc1cc(C)ccc1C. The smallest absolute Gasteiger partial charge is 0.266 e. The van der Waals surface area contributed by atoms with E-state index < -0.39 is 0 Å². The van der Waals surface area contributed by atoms with Crippen LogP contribution in [0.4, 0.5) is 5.69 Å². The molecule has 1 amide bonds. The van der Waals surface area contributed by atoms with Gasteiger partial charge in [0.05, 0.1) is 17.7 Å². The van der Waals surface area contributed by atoms with Gasteiger partial charge in [-0.2, -0.15) is 0 Å². The van der Waals surface area contributed by atoms with E-state index in [9.17, 15) is 4.79 Å². The van der Waals surface area contributed by atoms with Crippen LogP contribution >= 0.6 is 11.8 Å². The summed E-state index contributed by atoms with van der Waals surface area (Å²) < 4.78 is 5.49. The predicted octanol–water partition coefficient (Wildman–Crippen LogP) is 6.09. The number of methoxy groups -OCH3 is 1. The van der Waals surface area contributed by atoms with Crippen molar-refractivity contribution in [3.05, 3.63) is 76.2 Å². The highest BCUT2D eigenvalue weighted by molar-refractivity contribution is 8.18. The molecule has 0 saturated carbocycles. The highest BCUT2D eigenvalue weighted by Crippen LogP contribution is 2.37. The first kappa shape index (κ1) is 20.2. The summed E-state index contributed by atoms with van der Waals surface area (Å²) in [6.07, 6.45) is 1.96. The Kier molecular flexibility index (Phi) is 5.64. The monoisotopic (exact) mass is 416 g/mol. The zero-order chi connectivity index (χ0) is 21.3. The molecule has 0 radical (unpaired) electrons. The summed E-state index contributed by atoms with van der Waals surface area (Å²) in [7, 11) is 1.67. The topological polar surface area (TPSA) is 41.9 Å². The average molecular weight is 417 g/mol. The number of likely N-dealkylation sites (N-methyl/N-ethyl adjacent to an activating group) is 1. The first-order valence-corrected chi connectivity index (χ1v) is 10.8. The molecule has 0 bridgehead atoms. The van der Waals surface area contributed by atoms with Crippen LogP contribution in [-0.4, -0.2) is 29.6 Å². The molecular weight excluding hydrogens is 392 g/mol. The number of rotatable bonds is 4. The molecular formula is C25H24N2O2S. The first-order valence-electron chi connectivity index (χ1n) is 9.95. The average Bonchev–Trinajstić information content (AvgIpc) is 3.05. The van der Waals surface area contributed by atoms with Gasteiger partial charge in [0.25, 0.3) is 5.91 Å². The van der Waals surface area contributed by atoms with E-state index in [4.69, 9.17) is 9.73 Å². The molecule has 5 heteroatoms. The number of amidine groups is 1. The van der Waals surface area contributed by atoms with E-state index >= 15 is 0 Å². The summed E-state index contributed by atoms with van der Waals surface area (Å²) in [5.41, 5.74) is 4.14. The van der Waals surface area contributed by atoms with Crippen LogP contribution in [0.15, 0.2) is 64.5 Å². The maximum Gasteiger partial charge on any atom is 0.266 e. The van der Waals surface area contributed by atoms with Crippen LogP contribution in [0.1, 0.15) is 23.6 Å². The number of thioether (sulfide) groups is 1. The van der Waals surface area contributed by atoms with Gasteiger partial charge in [0, 0.05) is 11.9 Å². The number of hydrogen-bond acceptors (Lipinski definition) is 4. The van der Waals surface area contributed by atoms with Crippen LogP contribution in [0, 0.1) is 13.8 Å². The van der Waals surface area contributed by atoms with E-state index in [0.717, 1.165) is 44.1 Å². The fourth-order valence-corrected chi connectivity index (χ4v) is 4.60. The first-order chi connectivity index (χ1) is 14.5. The molecule has 0 spiro atoms. The molecule has 1 aliphatic heterocycles. The van der Waals surface area contributed by atoms with Crippen LogP contribution in [0.3, 0.4) is 0 Å². The van der Waals surface area contributed by atoms with E-state index in [1.165, 1.54) is 11.8 Å². The second kappa shape index (κ2) is 8.36. The quantitative estimate of drug-likeness (QED) is 0.483. The molecule has 4 rings (SSSR count). The normalized spacial score (nSPS) is 16.8. The molecule has 1 aliphatic rings. The van der Waals surface area contributed by atoms with Crippen molar-refractivity contribution >= 4 is 45.4 Å². The molecule has 1 heterocycles.